The second kappa shape index (κ2) is 11.3. The summed E-state index contributed by atoms with van der Waals surface area (Å²) in [4.78, 5) is 20.0. The molecule has 8 heteroatoms. The third kappa shape index (κ3) is 5.47. The molecule has 0 radical (unpaired) electrons. The van der Waals surface area contributed by atoms with E-state index in [2.05, 4.69) is 38.8 Å². The summed E-state index contributed by atoms with van der Waals surface area (Å²) in [5.74, 6) is 1.53. The summed E-state index contributed by atoms with van der Waals surface area (Å²) in [6, 6.07) is 26.0. The van der Waals surface area contributed by atoms with Crippen molar-refractivity contribution in [1.82, 2.24) is 20.7 Å². The van der Waals surface area contributed by atoms with Crippen LogP contribution in [0.4, 0.5) is 0 Å². The molecule has 1 saturated heterocycles. The van der Waals surface area contributed by atoms with Crippen molar-refractivity contribution in [2.45, 2.75) is 19.0 Å². The molecule has 39 heavy (non-hydrogen) atoms. The molecule has 3 aromatic rings. The SMILES string of the molecule is O=C(c1ccc(-c2ccccc2)cc1)N1CCC(CNC2=CC(c3ccccc3Cl)=NC3C(Br)=CNN23)CC1. The van der Waals surface area contributed by atoms with Crippen LogP contribution >= 0.6 is 27.5 Å². The largest absolute Gasteiger partial charge is 0.370 e. The Morgan fingerprint density at radius 2 is 1.67 bits per heavy atom. The van der Waals surface area contributed by atoms with Crippen LogP contribution in [0.3, 0.4) is 0 Å². The van der Waals surface area contributed by atoms with E-state index in [1.54, 1.807) is 0 Å². The number of aliphatic imine (C=N–C) groups is 1. The van der Waals surface area contributed by atoms with Gasteiger partial charge in [0.2, 0.25) is 0 Å². The third-order valence-corrected chi connectivity index (χ3v) is 8.46. The molecule has 3 aliphatic rings. The fraction of sp³-hybridized carbons (Fsp3) is 0.226. The van der Waals surface area contributed by atoms with Crippen molar-refractivity contribution in [3.63, 3.8) is 0 Å². The van der Waals surface area contributed by atoms with E-state index in [0.717, 1.165) is 70.7 Å². The highest BCUT2D eigenvalue weighted by molar-refractivity contribution is 9.11. The van der Waals surface area contributed by atoms with E-state index in [4.69, 9.17) is 16.6 Å². The fourth-order valence-electron chi connectivity index (χ4n) is 5.25. The number of nitrogens with one attached hydrogen (secondary N) is 2. The van der Waals surface area contributed by atoms with E-state index in [1.807, 2.05) is 88.9 Å². The fourth-order valence-corrected chi connectivity index (χ4v) is 5.89. The summed E-state index contributed by atoms with van der Waals surface area (Å²) in [6.07, 6.45) is 5.69. The predicted octanol–water partition coefficient (Wildman–Crippen LogP) is 6.18. The van der Waals surface area contributed by atoms with Gasteiger partial charge >= 0.3 is 0 Å². The first-order valence-corrected chi connectivity index (χ1v) is 14.4. The van der Waals surface area contributed by atoms with Crippen LogP contribution < -0.4 is 10.7 Å². The lowest BCUT2D eigenvalue weighted by molar-refractivity contribution is 0.0689. The van der Waals surface area contributed by atoms with E-state index >= 15 is 0 Å². The van der Waals surface area contributed by atoms with Crippen LogP contribution in [0.1, 0.15) is 28.8 Å². The zero-order valence-electron chi connectivity index (χ0n) is 21.4. The van der Waals surface area contributed by atoms with Crippen LogP contribution in [0.5, 0.6) is 0 Å². The molecule has 1 amide bonds. The molecular formula is C31H29BrClN5O. The van der Waals surface area contributed by atoms with E-state index in [0.29, 0.717) is 10.9 Å². The highest BCUT2D eigenvalue weighted by Gasteiger charge is 2.32. The van der Waals surface area contributed by atoms with Gasteiger partial charge in [-0.15, -0.1) is 0 Å². The number of fused-ring (bicyclic) bond motifs is 1. The number of amides is 1. The topological polar surface area (TPSA) is 60.0 Å². The number of likely N-dealkylation sites (tertiary alicyclic amines) is 1. The van der Waals surface area contributed by atoms with Gasteiger partial charge in [-0.05, 0) is 64.0 Å². The minimum atomic E-state index is -0.184. The van der Waals surface area contributed by atoms with Gasteiger partial charge in [-0.3, -0.25) is 9.79 Å². The third-order valence-electron chi connectivity index (χ3n) is 7.49. The molecule has 0 saturated carbocycles. The Bertz CT molecular complexity index is 1450. The second-order valence-electron chi connectivity index (χ2n) is 9.99. The molecule has 6 nitrogen and oxygen atoms in total. The zero-order chi connectivity index (χ0) is 26.8. The van der Waals surface area contributed by atoms with E-state index in [9.17, 15) is 4.79 Å². The van der Waals surface area contributed by atoms with E-state index in [1.165, 1.54) is 0 Å². The lowest BCUT2D eigenvalue weighted by Crippen LogP contribution is -2.46. The summed E-state index contributed by atoms with van der Waals surface area (Å²) in [5.41, 5.74) is 8.06. The number of hydrazine groups is 1. The van der Waals surface area contributed by atoms with Crippen molar-refractivity contribution < 1.29 is 4.79 Å². The van der Waals surface area contributed by atoms with Gasteiger partial charge in [0.1, 0.15) is 5.82 Å². The number of benzene rings is 3. The Hall–Kier alpha value is -3.55. The lowest BCUT2D eigenvalue weighted by Gasteiger charge is -2.35. The molecule has 3 aromatic carbocycles. The number of carbonyl (C=O) groups is 1. The minimum absolute atomic E-state index is 0.108. The molecule has 0 aromatic heterocycles. The lowest BCUT2D eigenvalue weighted by atomic mass is 9.96. The van der Waals surface area contributed by atoms with Crippen molar-refractivity contribution in [1.29, 1.82) is 0 Å². The number of allylic oxidation sites excluding steroid dienone is 1. The van der Waals surface area contributed by atoms with Gasteiger partial charge in [0.15, 0.2) is 6.17 Å². The number of hydrogen-bond donors (Lipinski definition) is 2. The molecule has 0 bridgehead atoms. The first kappa shape index (κ1) is 25.7. The first-order valence-electron chi connectivity index (χ1n) is 13.2. The molecule has 3 heterocycles. The van der Waals surface area contributed by atoms with Crippen molar-refractivity contribution in [3.05, 3.63) is 118 Å². The smallest absolute Gasteiger partial charge is 0.253 e. The van der Waals surface area contributed by atoms with Gasteiger partial charge in [0, 0.05) is 48.1 Å². The maximum Gasteiger partial charge on any atom is 0.253 e. The monoisotopic (exact) mass is 601 g/mol. The van der Waals surface area contributed by atoms with Gasteiger partial charge in [-0.25, -0.2) is 5.01 Å². The molecule has 2 N–H and O–H groups in total. The molecule has 1 fully saturated rings. The molecule has 3 aliphatic heterocycles. The Morgan fingerprint density at radius 3 is 2.41 bits per heavy atom. The standard InChI is InChI=1S/C31H29BrClN5O/c32-26-20-35-38-29(18-28(36-30(26)38)25-8-4-5-9-27(25)33)34-19-21-14-16-37(17-15-21)31(39)24-12-10-23(11-13-24)22-6-2-1-3-7-22/h1-13,18,20-21,30,34-35H,14-17,19H2. The van der Waals surface area contributed by atoms with Crippen LogP contribution in [-0.2, 0) is 0 Å². The summed E-state index contributed by atoms with van der Waals surface area (Å²) < 4.78 is 0.961. The Morgan fingerprint density at radius 1 is 0.974 bits per heavy atom. The van der Waals surface area contributed by atoms with Crippen molar-refractivity contribution in [2.75, 3.05) is 19.6 Å². The van der Waals surface area contributed by atoms with Gasteiger partial charge in [-0.1, -0.05) is 72.3 Å². The first-order chi connectivity index (χ1) is 19.1. The predicted molar refractivity (Wildman–Crippen MR) is 160 cm³/mol. The van der Waals surface area contributed by atoms with Gasteiger partial charge in [0.05, 0.1) is 10.2 Å². The minimum Gasteiger partial charge on any atom is -0.370 e. The summed E-state index contributed by atoms with van der Waals surface area (Å²) in [6.45, 7) is 2.33. The average molecular weight is 603 g/mol. The number of piperidine rings is 1. The average Bonchev–Trinajstić information content (AvgIpc) is 3.37. The number of rotatable bonds is 6. The van der Waals surface area contributed by atoms with Crippen molar-refractivity contribution in [2.24, 2.45) is 10.9 Å². The number of carbonyl (C=O) groups excluding carboxylic acids is 1. The second-order valence-corrected chi connectivity index (χ2v) is 11.3. The van der Waals surface area contributed by atoms with Crippen LogP contribution in [-0.4, -0.2) is 47.3 Å². The van der Waals surface area contributed by atoms with Crippen LogP contribution in [0.25, 0.3) is 11.1 Å². The van der Waals surface area contributed by atoms with Gasteiger partial charge < -0.3 is 15.6 Å². The molecule has 0 spiro atoms. The molecule has 6 rings (SSSR count). The Balaban J connectivity index is 1.06. The number of halogens is 2. The number of hydrogen-bond acceptors (Lipinski definition) is 5. The van der Waals surface area contributed by atoms with Gasteiger partial charge in [0.25, 0.3) is 5.91 Å². The molecule has 1 atom stereocenters. The normalized spacial score (nSPS) is 19.0. The molecular weight excluding hydrogens is 574 g/mol. The van der Waals surface area contributed by atoms with Crippen LogP contribution in [0.2, 0.25) is 5.02 Å². The molecule has 198 valence electrons. The quantitative estimate of drug-likeness (QED) is 0.354. The van der Waals surface area contributed by atoms with E-state index < -0.39 is 0 Å². The van der Waals surface area contributed by atoms with Crippen LogP contribution in [0, 0.1) is 5.92 Å². The Labute approximate surface area is 242 Å². The van der Waals surface area contributed by atoms with Gasteiger partial charge in [-0.2, -0.15) is 0 Å². The van der Waals surface area contributed by atoms with Crippen LogP contribution in [0.15, 0.2) is 106 Å². The van der Waals surface area contributed by atoms with E-state index in [-0.39, 0.29) is 12.1 Å². The Kier molecular flexibility index (Phi) is 7.44. The molecule has 1 unspecified atom stereocenters. The summed E-state index contributed by atoms with van der Waals surface area (Å²) in [7, 11) is 0. The summed E-state index contributed by atoms with van der Waals surface area (Å²) >= 11 is 10.1. The van der Waals surface area contributed by atoms with Crippen molar-refractivity contribution in [3.8, 4) is 11.1 Å². The maximum atomic E-state index is 13.2. The van der Waals surface area contributed by atoms with Crippen molar-refractivity contribution >= 4 is 39.1 Å². The zero-order valence-corrected chi connectivity index (χ0v) is 23.7. The maximum absolute atomic E-state index is 13.2. The highest BCUT2D eigenvalue weighted by Crippen LogP contribution is 2.30. The number of nitrogens with zero attached hydrogens (tertiary/aromatic N) is 3. The highest BCUT2D eigenvalue weighted by atomic mass is 79.9. The molecule has 0 aliphatic carbocycles. The summed E-state index contributed by atoms with van der Waals surface area (Å²) in [5, 5.41) is 6.34.